The second-order valence-corrected chi connectivity index (χ2v) is 8.88. The number of hydrogen-bond donors (Lipinski definition) is 3. The largest absolute Gasteiger partial charge is 0.382 e. The molecule has 0 spiro atoms. The van der Waals surface area contributed by atoms with E-state index >= 15 is 0 Å². The minimum atomic E-state index is -3.43. The Hall–Kier alpha value is -3.02. The molecule has 1 aromatic carbocycles. The van der Waals surface area contributed by atoms with Gasteiger partial charge in [-0.15, -0.1) is 21.5 Å². The molecule has 3 N–H and O–H groups in total. The minimum absolute atomic E-state index is 0.0983. The number of nitrogens with zero attached hydrogens (tertiary/aromatic N) is 4. The van der Waals surface area contributed by atoms with Crippen molar-refractivity contribution in [3.8, 4) is 10.7 Å². The van der Waals surface area contributed by atoms with Crippen LogP contribution in [0.4, 0.5) is 8.78 Å². The van der Waals surface area contributed by atoms with E-state index in [1.54, 1.807) is 22.3 Å². The van der Waals surface area contributed by atoms with Crippen LogP contribution in [0.25, 0.3) is 10.7 Å². The van der Waals surface area contributed by atoms with Crippen molar-refractivity contribution in [2.24, 2.45) is 0 Å². The van der Waals surface area contributed by atoms with Gasteiger partial charge < -0.3 is 15.3 Å². The maximum atomic E-state index is 14.6. The van der Waals surface area contributed by atoms with Gasteiger partial charge in [-0.3, -0.25) is 4.79 Å². The van der Waals surface area contributed by atoms with E-state index in [0.717, 1.165) is 22.3 Å². The lowest BCUT2D eigenvalue weighted by atomic mass is 10.0. The van der Waals surface area contributed by atoms with Crippen molar-refractivity contribution in [1.29, 1.82) is 0 Å². The molecule has 1 fully saturated rings. The Kier molecular flexibility index (Phi) is 7.21. The average molecular weight is 475 g/mol. The quantitative estimate of drug-likeness (QED) is 0.411. The zero-order valence-corrected chi connectivity index (χ0v) is 18.5. The van der Waals surface area contributed by atoms with Crippen molar-refractivity contribution >= 4 is 17.2 Å². The van der Waals surface area contributed by atoms with Crippen LogP contribution in [-0.2, 0) is 17.1 Å². The third kappa shape index (κ3) is 5.49. The number of aliphatic hydroxyl groups is 1. The Morgan fingerprint density at radius 1 is 1.27 bits per heavy atom. The Bertz CT molecular complexity index is 1070. The van der Waals surface area contributed by atoms with E-state index in [1.807, 2.05) is 12.1 Å². The predicted octanol–water partition coefficient (Wildman–Crippen LogP) is 2.37. The lowest BCUT2D eigenvalue weighted by molar-refractivity contribution is -0.133. The number of halogens is 2. The van der Waals surface area contributed by atoms with Gasteiger partial charge >= 0.3 is 5.92 Å². The SMILES string of the molecule is O=C1CNC[C@@H](/C=C/[C@@H](O)C(F)(F)c2ccccc2)N1CCCc1ccc(-c2nn[nH]n2)s1. The van der Waals surface area contributed by atoms with Crippen LogP contribution in [0.2, 0.25) is 0 Å². The number of carbonyl (C=O) groups excluding carboxylic acids is 1. The zero-order chi connectivity index (χ0) is 23.3. The van der Waals surface area contributed by atoms with Gasteiger partial charge in [0.15, 0.2) is 0 Å². The summed E-state index contributed by atoms with van der Waals surface area (Å²) in [5.41, 5.74) is -0.256. The van der Waals surface area contributed by atoms with Crippen LogP contribution in [0, 0.1) is 0 Å². The standard InChI is InChI=1S/C22H24F2N6O2S/c23-22(24,15-5-2-1-3-6-15)19(31)11-8-16-13-25-14-20(32)30(16)12-4-7-17-9-10-18(33-17)21-26-28-29-27-21/h1-3,5-6,8-11,16,19,25,31H,4,7,12-14H2,(H,26,27,28,29)/b11-8+/t16-,19-/m1/s1. The number of aromatic nitrogens is 4. The number of rotatable bonds is 9. The molecule has 4 rings (SSSR count). The van der Waals surface area contributed by atoms with E-state index in [2.05, 4.69) is 25.9 Å². The number of amides is 1. The average Bonchev–Trinajstić information content (AvgIpc) is 3.51. The molecule has 2 atom stereocenters. The molecule has 0 saturated carbocycles. The fourth-order valence-electron chi connectivity index (χ4n) is 3.69. The molecule has 174 valence electrons. The highest BCUT2D eigenvalue weighted by atomic mass is 32.1. The molecular weight excluding hydrogens is 450 g/mol. The minimum Gasteiger partial charge on any atom is -0.382 e. The summed E-state index contributed by atoms with van der Waals surface area (Å²) < 4.78 is 29.1. The number of aryl methyl sites for hydroxylation is 1. The van der Waals surface area contributed by atoms with Crippen LogP contribution in [0.1, 0.15) is 16.9 Å². The fourth-order valence-corrected chi connectivity index (χ4v) is 4.67. The highest BCUT2D eigenvalue weighted by molar-refractivity contribution is 7.15. The molecule has 1 amide bonds. The second kappa shape index (κ2) is 10.3. The molecule has 3 heterocycles. The van der Waals surface area contributed by atoms with Crippen molar-refractivity contribution in [3.63, 3.8) is 0 Å². The highest BCUT2D eigenvalue weighted by Crippen LogP contribution is 2.32. The summed E-state index contributed by atoms with van der Waals surface area (Å²) in [4.78, 5) is 16.2. The predicted molar refractivity (Wildman–Crippen MR) is 120 cm³/mol. The maximum Gasteiger partial charge on any atom is 0.302 e. The topological polar surface area (TPSA) is 107 Å². The van der Waals surface area contributed by atoms with E-state index in [-0.39, 0.29) is 18.0 Å². The number of benzene rings is 1. The summed E-state index contributed by atoms with van der Waals surface area (Å²) in [6.45, 7) is 1.12. The molecule has 8 nitrogen and oxygen atoms in total. The zero-order valence-electron chi connectivity index (χ0n) is 17.7. The van der Waals surface area contributed by atoms with E-state index in [1.165, 1.54) is 30.3 Å². The smallest absolute Gasteiger partial charge is 0.302 e. The van der Waals surface area contributed by atoms with Gasteiger partial charge in [-0.05, 0) is 30.2 Å². The molecule has 1 aliphatic heterocycles. The number of carbonyl (C=O) groups is 1. The first-order valence-electron chi connectivity index (χ1n) is 10.6. The first kappa shape index (κ1) is 23.1. The molecule has 1 saturated heterocycles. The number of tetrazole rings is 1. The summed E-state index contributed by atoms with van der Waals surface area (Å²) in [6, 6.07) is 10.7. The Balaban J connectivity index is 1.36. The van der Waals surface area contributed by atoms with Crippen molar-refractivity contribution in [2.45, 2.75) is 30.9 Å². The van der Waals surface area contributed by atoms with Gasteiger partial charge in [-0.1, -0.05) is 42.5 Å². The van der Waals surface area contributed by atoms with Gasteiger partial charge in [0.25, 0.3) is 0 Å². The van der Waals surface area contributed by atoms with Crippen molar-refractivity contribution in [3.05, 3.63) is 65.1 Å². The molecule has 2 aromatic heterocycles. The summed E-state index contributed by atoms with van der Waals surface area (Å²) in [5.74, 6) is -2.98. The lowest BCUT2D eigenvalue weighted by Crippen LogP contribution is -2.54. The van der Waals surface area contributed by atoms with Crippen LogP contribution < -0.4 is 5.32 Å². The third-order valence-electron chi connectivity index (χ3n) is 5.45. The van der Waals surface area contributed by atoms with Gasteiger partial charge in [-0.2, -0.15) is 14.0 Å². The first-order chi connectivity index (χ1) is 15.9. The van der Waals surface area contributed by atoms with E-state index in [0.29, 0.717) is 25.3 Å². The highest BCUT2D eigenvalue weighted by Gasteiger charge is 2.39. The van der Waals surface area contributed by atoms with Crippen molar-refractivity contribution in [2.75, 3.05) is 19.6 Å². The van der Waals surface area contributed by atoms with Gasteiger partial charge in [0.2, 0.25) is 11.7 Å². The summed E-state index contributed by atoms with van der Waals surface area (Å²) >= 11 is 1.56. The van der Waals surface area contributed by atoms with E-state index in [4.69, 9.17) is 0 Å². The third-order valence-corrected chi connectivity index (χ3v) is 6.59. The molecule has 0 unspecified atom stereocenters. The number of nitrogens with one attached hydrogen (secondary N) is 2. The lowest BCUT2D eigenvalue weighted by Gasteiger charge is -2.34. The van der Waals surface area contributed by atoms with E-state index in [9.17, 15) is 18.7 Å². The number of hydrogen-bond acceptors (Lipinski definition) is 7. The van der Waals surface area contributed by atoms with E-state index < -0.39 is 18.1 Å². The number of thiophene rings is 1. The fraction of sp³-hybridized carbons (Fsp3) is 0.364. The maximum absolute atomic E-state index is 14.6. The number of H-pyrrole nitrogens is 1. The van der Waals surface area contributed by atoms with Gasteiger partial charge in [0, 0.05) is 23.5 Å². The molecule has 3 aromatic rings. The number of aromatic amines is 1. The molecule has 33 heavy (non-hydrogen) atoms. The molecule has 0 bridgehead atoms. The number of aliphatic hydroxyl groups excluding tert-OH is 1. The Morgan fingerprint density at radius 2 is 2.09 bits per heavy atom. The number of alkyl halides is 2. The molecular formula is C22H24F2N6O2S. The van der Waals surface area contributed by atoms with Crippen LogP contribution in [0.3, 0.4) is 0 Å². The normalized spacial score (nSPS) is 18.2. The molecule has 1 aliphatic rings. The van der Waals surface area contributed by atoms with Crippen LogP contribution in [0.5, 0.6) is 0 Å². The Labute approximate surface area is 193 Å². The Morgan fingerprint density at radius 3 is 2.85 bits per heavy atom. The summed E-state index contributed by atoms with van der Waals surface area (Å²) in [7, 11) is 0. The van der Waals surface area contributed by atoms with Crippen molar-refractivity contribution in [1.82, 2.24) is 30.8 Å². The first-order valence-corrected chi connectivity index (χ1v) is 11.4. The monoisotopic (exact) mass is 474 g/mol. The van der Waals surface area contributed by atoms with Gasteiger partial charge in [0.1, 0.15) is 6.10 Å². The van der Waals surface area contributed by atoms with Crippen LogP contribution in [0.15, 0.2) is 54.6 Å². The molecule has 0 aliphatic carbocycles. The summed E-state index contributed by atoms with van der Waals surface area (Å²) in [5, 5.41) is 27.1. The van der Waals surface area contributed by atoms with Crippen molar-refractivity contribution < 1.29 is 18.7 Å². The summed E-state index contributed by atoms with van der Waals surface area (Å²) in [6.07, 6.45) is 2.05. The van der Waals surface area contributed by atoms with Gasteiger partial charge in [0.05, 0.1) is 17.5 Å². The molecule has 0 radical (unpaired) electrons. The molecule has 11 heteroatoms. The number of piperazine rings is 1. The van der Waals surface area contributed by atoms with Crippen LogP contribution >= 0.6 is 11.3 Å². The van der Waals surface area contributed by atoms with Gasteiger partial charge in [-0.25, -0.2) is 0 Å². The second-order valence-electron chi connectivity index (χ2n) is 7.71. The van der Waals surface area contributed by atoms with Crippen LogP contribution in [-0.4, -0.2) is 68.3 Å².